The van der Waals surface area contributed by atoms with Crippen LogP contribution in [0.1, 0.15) is 46.0 Å². The van der Waals surface area contributed by atoms with E-state index in [1.54, 1.807) is 18.2 Å². The van der Waals surface area contributed by atoms with E-state index in [0.717, 1.165) is 31.4 Å². The lowest BCUT2D eigenvalue weighted by molar-refractivity contribution is -0.129. The van der Waals surface area contributed by atoms with Crippen LogP contribution in [0.3, 0.4) is 0 Å². The van der Waals surface area contributed by atoms with Gasteiger partial charge in [-0.2, -0.15) is 4.31 Å². The van der Waals surface area contributed by atoms with E-state index in [-0.39, 0.29) is 29.2 Å². The van der Waals surface area contributed by atoms with Crippen LogP contribution in [0.15, 0.2) is 23.1 Å². The fourth-order valence-corrected chi connectivity index (χ4v) is 6.70. The number of amides is 2. The molecule has 3 fully saturated rings. The highest BCUT2D eigenvalue weighted by molar-refractivity contribution is 7.89. The van der Waals surface area contributed by atoms with Crippen molar-refractivity contribution in [1.29, 1.82) is 0 Å². The van der Waals surface area contributed by atoms with Gasteiger partial charge >= 0.3 is 0 Å². The van der Waals surface area contributed by atoms with Gasteiger partial charge in [0.2, 0.25) is 21.8 Å². The number of morpholine rings is 1. The lowest BCUT2D eigenvalue weighted by Gasteiger charge is -2.28. The van der Waals surface area contributed by atoms with Gasteiger partial charge in [-0.25, -0.2) is 8.42 Å². The van der Waals surface area contributed by atoms with Crippen LogP contribution in [0, 0.1) is 5.92 Å². The smallest absolute Gasteiger partial charge is 0.243 e. The summed E-state index contributed by atoms with van der Waals surface area (Å²) >= 11 is 0. The van der Waals surface area contributed by atoms with Crippen molar-refractivity contribution in [1.82, 2.24) is 9.21 Å². The SMILES string of the molecule is CCN(CC)c1ccc(S(=O)(=O)N2CCOCC2)cc1NC(=O)C1CC(=O)N(C2CCCC2)C1. The summed E-state index contributed by atoms with van der Waals surface area (Å²) in [6.45, 7) is 7.25. The van der Waals surface area contributed by atoms with Crippen LogP contribution in [0.2, 0.25) is 0 Å². The Balaban J connectivity index is 1.57. The van der Waals surface area contributed by atoms with E-state index in [4.69, 9.17) is 4.74 Å². The normalized spacial score (nSPS) is 22.4. The van der Waals surface area contributed by atoms with E-state index in [2.05, 4.69) is 10.2 Å². The minimum Gasteiger partial charge on any atom is -0.379 e. The number of nitrogens with one attached hydrogen (secondary N) is 1. The molecule has 0 spiro atoms. The van der Waals surface area contributed by atoms with Crippen molar-refractivity contribution in [2.24, 2.45) is 5.92 Å². The molecule has 34 heavy (non-hydrogen) atoms. The highest BCUT2D eigenvalue weighted by Crippen LogP contribution is 2.33. The molecule has 2 amide bonds. The van der Waals surface area contributed by atoms with Crippen LogP contribution in [-0.4, -0.2) is 81.4 Å². The molecule has 10 heteroatoms. The summed E-state index contributed by atoms with van der Waals surface area (Å²) in [6.07, 6.45) is 4.47. The van der Waals surface area contributed by atoms with Crippen molar-refractivity contribution in [2.45, 2.75) is 56.9 Å². The van der Waals surface area contributed by atoms with Crippen molar-refractivity contribution in [3.05, 3.63) is 18.2 Å². The van der Waals surface area contributed by atoms with Crippen LogP contribution in [-0.2, 0) is 24.3 Å². The van der Waals surface area contributed by atoms with Crippen LogP contribution in [0.5, 0.6) is 0 Å². The summed E-state index contributed by atoms with van der Waals surface area (Å²) in [6, 6.07) is 5.18. The number of carbonyl (C=O) groups is 2. The maximum atomic E-state index is 13.2. The molecule has 188 valence electrons. The fraction of sp³-hybridized carbons (Fsp3) is 0.667. The molecule has 1 N–H and O–H groups in total. The average Bonchev–Trinajstić information content (AvgIpc) is 3.51. The summed E-state index contributed by atoms with van der Waals surface area (Å²) in [5.74, 6) is -0.625. The Bertz CT molecular complexity index is 999. The Labute approximate surface area is 202 Å². The van der Waals surface area contributed by atoms with Gasteiger partial charge in [-0.15, -0.1) is 0 Å². The van der Waals surface area contributed by atoms with Gasteiger partial charge in [-0.1, -0.05) is 12.8 Å². The molecular formula is C24H36N4O5S. The molecule has 1 aliphatic carbocycles. The van der Waals surface area contributed by atoms with Crippen molar-refractivity contribution in [3.63, 3.8) is 0 Å². The first-order valence-corrected chi connectivity index (χ1v) is 13.9. The number of ether oxygens (including phenoxy) is 1. The van der Waals surface area contributed by atoms with Crippen LogP contribution >= 0.6 is 0 Å². The molecule has 1 aromatic carbocycles. The first-order valence-electron chi connectivity index (χ1n) is 12.4. The highest BCUT2D eigenvalue weighted by atomic mass is 32.2. The minimum atomic E-state index is -3.70. The van der Waals surface area contributed by atoms with Gasteiger partial charge in [0.05, 0.1) is 35.4 Å². The Morgan fingerprint density at radius 2 is 1.82 bits per heavy atom. The van der Waals surface area contributed by atoms with E-state index in [1.165, 1.54) is 4.31 Å². The van der Waals surface area contributed by atoms with Gasteiger partial charge in [0.1, 0.15) is 0 Å². The molecule has 9 nitrogen and oxygen atoms in total. The van der Waals surface area contributed by atoms with E-state index in [1.807, 2.05) is 18.7 Å². The molecule has 3 aliphatic rings. The number of anilines is 2. The van der Waals surface area contributed by atoms with Gasteiger partial charge in [-0.3, -0.25) is 9.59 Å². The molecule has 1 aromatic rings. The highest BCUT2D eigenvalue weighted by Gasteiger charge is 2.39. The molecule has 0 aromatic heterocycles. The van der Waals surface area contributed by atoms with Gasteiger partial charge in [0.25, 0.3) is 0 Å². The maximum Gasteiger partial charge on any atom is 0.243 e. The topological polar surface area (TPSA) is 99.3 Å². The number of nitrogens with zero attached hydrogens (tertiary/aromatic N) is 3. The van der Waals surface area contributed by atoms with E-state index in [9.17, 15) is 18.0 Å². The van der Waals surface area contributed by atoms with Crippen molar-refractivity contribution in [3.8, 4) is 0 Å². The number of sulfonamides is 1. The Hall–Kier alpha value is -2.17. The van der Waals surface area contributed by atoms with Crippen molar-refractivity contribution >= 4 is 33.2 Å². The Kier molecular flexibility index (Phi) is 7.79. The third kappa shape index (κ3) is 5.08. The second-order valence-electron chi connectivity index (χ2n) is 9.24. The third-order valence-corrected chi connectivity index (χ3v) is 9.13. The van der Waals surface area contributed by atoms with Crippen molar-refractivity contribution < 1.29 is 22.7 Å². The first-order chi connectivity index (χ1) is 16.3. The maximum absolute atomic E-state index is 13.2. The van der Waals surface area contributed by atoms with Crippen LogP contribution in [0.4, 0.5) is 11.4 Å². The second kappa shape index (κ2) is 10.6. The average molecular weight is 493 g/mol. The van der Waals surface area contributed by atoms with Gasteiger partial charge < -0.3 is 19.9 Å². The quantitative estimate of drug-likeness (QED) is 0.598. The lowest BCUT2D eigenvalue weighted by Crippen LogP contribution is -2.40. The standard InChI is InChI=1S/C24H36N4O5S/c1-3-26(4-2)22-10-9-20(34(31,32)27-11-13-33-14-12-27)16-21(22)25-24(30)18-15-23(29)28(17-18)19-7-5-6-8-19/h9-10,16,18-19H,3-8,11-15,17H2,1-2H3,(H,25,30). The zero-order chi connectivity index (χ0) is 24.3. The number of rotatable bonds is 8. The Morgan fingerprint density at radius 3 is 2.47 bits per heavy atom. The van der Waals surface area contributed by atoms with E-state index >= 15 is 0 Å². The predicted octanol–water partition coefficient (Wildman–Crippen LogP) is 2.28. The number of hydrogen-bond donors (Lipinski definition) is 1. The molecular weight excluding hydrogens is 456 g/mol. The van der Waals surface area contributed by atoms with Crippen LogP contribution < -0.4 is 10.2 Å². The van der Waals surface area contributed by atoms with E-state index in [0.29, 0.717) is 51.6 Å². The minimum absolute atomic E-state index is 0.0414. The van der Waals surface area contributed by atoms with Gasteiger partial charge in [0, 0.05) is 45.2 Å². The molecule has 0 bridgehead atoms. The van der Waals surface area contributed by atoms with Gasteiger partial charge in [-0.05, 0) is 44.9 Å². The lowest BCUT2D eigenvalue weighted by atomic mass is 10.1. The molecule has 2 saturated heterocycles. The molecule has 4 rings (SSSR count). The molecule has 2 aliphatic heterocycles. The van der Waals surface area contributed by atoms with Gasteiger partial charge in [0.15, 0.2) is 0 Å². The molecule has 0 radical (unpaired) electrons. The first kappa shape index (κ1) is 24.9. The summed E-state index contributed by atoms with van der Waals surface area (Å²) < 4.78 is 33.2. The number of hydrogen-bond acceptors (Lipinski definition) is 6. The van der Waals surface area contributed by atoms with Crippen LogP contribution in [0.25, 0.3) is 0 Å². The number of likely N-dealkylation sites (tertiary alicyclic amines) is 1. The molecule has 1 atom stereocenters. The Morgan fingerprint density at radius 1 is 1.15 bits per heavy atom. The summed E-state index contributed by atoms with van der Waals surface area (Å²) in [4.78, 5) is 30.0. The third-order valence-electron chi connectivity index (χ3n) is 7.23. The summed E-state index contributed by atoms with van der Waals surface area (Å²) in [5, 5.41) is 2.98. The summed E-state index contributed by atoms with van der Waals surface area (Å²) in [7, 11) is -3.70. The van der Waals surface area contributed by atoms with Crippen molar-refractivity contribution in [2.75, 3.05) is 56.2 Å². The zero-order valence-corrected chi connectivity index (χ0v) is 21.0. The largest absolute Gasteiger partial charge is 0.379 e. The number of benzene rings is 1. The predicted molar refractivity (Wildman–Crippen MR) is 130 cm³/mol. The molecule has 2 heterocycles. The molecule has 1 saturated carbocycles. The fourth-order valence-electron chi connectivity index (χ4n) is 5.26. The zero-order valence-electron chi connectivity index (χ0n) is 20.2. The number of carbonyl (C=O) groups excluding carboxylic acids is 2. The second-order valence-corrected chi connectivity index (χ2v) is 11.2. The molecule has 1 unspecified atom stereocenters. The summed E-state index contributed by atoms with van der Waals surface area (Å²) in [5.41, 5.74) is 1.24. The monoisotopic (exact) mass is 492 g/mol. The van der Waals surface area contributed by atoms with E-state index < -0.39 is 15.9 Å².